The molecule has 0 spiro atoms. The molecule has 2 atom stereocenters. The average Bonchev–Trinajstić information content (AvgIpc) is 3.15. The van der Waals surface area contributed by atoms with Crippen molar-refractivity contribution >= 4 is 19.8 Å². The third-order valence-corrected chi connectivity index (χ3v) is 10.9. The lowest BCUT2D eigenvalue weighted by Crippen LogP contribution is -2.37. The second-order valence-electron chi connectivity index (χ2n) is 16.8. The van der Waals surface area contributed by atoms with Gasteiger partial charge in [-0.3, -0.25) is 14.2 Å². The summed E-state index contributed by atoms with van der Waals surface area (Å²) >= 11 is 0. The van der Waals surface area contributed by atoms with Crippen LogP contribution in [0.4, 0.5) is 0 Å². The molecule has 0 aliphatic heterocycles. The van der Waals surface area contributed by atoms with Crippen LogP contribution in [0.25, 0.3) is 0 Å². The van der Waals surface area contributed by atoms with Crippen molar-refractivity contribution in [2.24, 2.45) is 0 Å². The molecule has 0 rings (SSSR count). The second kappa shape index (κ2) is 39.0. The van der Waals surface area contributed by atoms with Gasteiger partial charge < -0.3 is 27.9 Å². The Bertz CT molecular complexity index is 1010. The number of hydrogen-bond acceptors (Lipinski definition) is 8. The van der Waals surface area contributed by atoms with Crippen LogP contribution in [0, 0.1) is 0 Å². The lowest BCUT2D eigenvalue weighted by Gasteiger charge is -2.28. The molecule has 0 aromatic rings. The predicted octanol–water partition coefficient (Wildman–Crippen LogP) is 12.5. The number of carbonyl (C=O) groups is 2. The molecule has 0 amide bonds. The van der Waals surface area contributed by atoms with Crippen LogP contribution >= 0.6 is 7.82 Å². The third-order valence-electron chi connectivity index (χ3n) is 9.97. The number of unbranched alkanes of at least 4 members (excludes halogenated alkanes) is 24. The van der Waals surface area contributed by atoms with Gasteiger partial charge in [0, 0.05) is 12.8 Å². The Morgan fingerprint density at radius 2 is 0.964 bits per heavy atom. The summed E-state index contributed by atoms with van der Waals surface area (Å²) in [6, 6.07) is 0. The highest BCUT2D eigenvalue weighted by atomic mass is 31.2. The highest BCUT2D eigenvalue weighted by molar-refractivity contribution is 7.45. The molecule has 0 radical (unpaired) electrons. The Labute approximate surface area is 345 Å². The monoisotopic (exact) mass is 814 g/mol. The molecule has 0 aliphatic carbocycles. The van der Waals surface area contributed by atoms with E-state index in [0.717, 1.165) is 57.8 Å². The van der Waals surface area contributed by atoms with Gasteiger partial charge in [0.1, 0.15) is 19.8 Å². The quantitative estimate of drug-likeness (QED) is 0.0197. The zero-order valence-corrected chi connectivity index (χ0v) is 38.0. The SMILES string of the molecule is CCCCC/C=C\C/C=C\CCCCCCCC(=O)O[C@H](COC(=O)CCCCCCCCCCCCCCCCCCC)COP(=O)([O-])OCC[N+](C)(C)C. The number of hydrogen-bond donors (Lipinski definition) is 0. The van der Waals surface area contributed by atoms with E-state index in [0.29, 0.717) is 17.4 Å². The highest BCUT2D eigenvalue weighted by Gasteiger charge is 2.21. The van der Waals surface area contributed by atoms with Gasteiger partial charge in [-0.15, -0.1) is 0 Å². The minimum absolute atomic E-state index is 0.0318. The number of phosphoric acid groups is 1. The smallest absolute Gasteiger partial charge is 0.306 e. The van der Waals surface area contributed by atoms with E-state index < -0.39 is 26.5 Å². The molecule has 0 aromatic heterocycles. The van der Waals surface area contributed by atoms with Gasteiger partial charge >= 0.3 is 11.9 Å². The van der Waals surface area contributed by atoms with Crippen molar-refractivity contribution in [3.05, 3.63) is 24.3 Å². The number of esters is 2. The van der Waals surface area contributed by atoms with E-state index in [1.165, 1.54) is 116 Å². The maximum Gasteiger partial charge on any atom is 0.306 e. The molecule has 0 bridgehead atoms. The van der Waals surface area contributed by atoms with Crippen molar-refractivity contribution in [3.8, 4) is 0 Å². The molecular weight excluding hydrogens is 725 g/mol. The molecule has 0 saturated carbocycles. The lowest BCUT2D eigenvalue weighted by molar-refractivity contribution is -0.870. The Kier molecular flexibility index (Phi) is 37.9. The fraction of sp³-hybridized carbons (Fsp3) is 0.870. The van der Waals surface area contributed by atoms with E-state index >= 15 is 0 Å². The molecule has 0 heterocycles. The van der Waals surface area contributed by atoms with E-state index in [1.54, 1.807) is 0 Å². The summed E-state index contributed by atoms with van der Waals surface area (Å²) in [5, 5.41) is 0. The van der Waals surface area contributed by atoms with E-state index in [-0.39, 0.29) is 32.0 Å². The number of quaternary nitrogens is 1. The van der Waals surface area contributed by atoms with Crippen molar-refractivity contribution in [2.45, 2.75) is 213 Å². The molecule has 1 unspecified atom stereocenters. The fourth-order valence-electron chi connectivity index (χ4n) is 6.33. The first-order valence-electron chi connectivity index (χ1n) is 23.0. The summed E-state index contributed by atoms with van der Waals surface area (Å²) in [4.78, 5) is 37.6. The van der Waals surface area contributed by atoms with Gasteiger partial charge in [0.05, 0.1) is 27.7 Å². The predicted molar refractivity (Wildman–Crippen MR) is 231 cm³/mol. The molecular formula is C46H88NO8P. The van der Waals surface area contributed by atoms with Gasteiger partial charge in [0.25, 0.3) is 7.82 Å². The van der Waals surface area contributed by atoms with Crippen LogP contribution in [0.2, 0.25) is 0 Å². The van der Waals surface area contributed by atoms with Gasteiger partial charge in [-0.2, -0.15) is 0 Å². The summed E-state index contributed by atoms with van der Waals surface area (Å²) in [5.74, 6) is -0.842. The van der Waals surface area contributed by atoms with Crippen LogP contribution in [0.3, 0.4) is 0 Å². The molecule has 56 heavy (non-hydrogen) atoms. The zero-order valence-electron chi connectivity index (χ0n) is 37.1. The van der Waals surface area contributed by atoms with Gasteiger partial charge in [-0.1, -0.05) is 173 Å². The van der Waals surface area contributed by atoms with E-state index in [1.807, 2.05) is 21.1 Å². The Morgan fingerprint density at radius 3 is 1.45 bits per heavy atom. The Hall–Kier alpha value is -1.51. The van der Waals surface area contributed by atoms with Gasteiger partial charge in [0.2, 0.25) is 0 Å². The van der Waals surface area contributed by atoms with E-state index in [9.17, 15) is 19.0 Å². The van der Waals surface area contributed by atoms with Crippen LogP contribution < -0.4 is 4.89 Å². The first-order chi connectivity index (χ1) is 27.0. The summed E-state index contributed by atoms with van der Waals surface area (Å²) in [7, 11) is 1.16. The van der Waals surface area contributed by atoms with Crippen LogP contribution in [0.5, 0.6) is 0 Å². The van der Waals surface area contributed by atoms with Crippen molar-refractivity contribution in [1.29, 1.82) is 0 Å². The van der Waals surface area contributed by atoms with Crippen LogP contribution in [0.15, 0.2) is 24.3 Å². The summed E-state index contributed by atoms with van der Waals surface area (Å²) in [6.45, 7) is 4.21. The number of nitrogens with zero attached hydrogens (tertiary/aromatic N) is 1. The first kappa shape index (κ1) is 54.5. The summed E-state index contributed by atoms with van der Waals surface area (Å²) in [5.41, 5.74) is 0. The molecule has 0 aromatic carbocycles. The normalized spacial score (nSPS) is 13.8. The van der Waals surface area contributed by atoms with Crippen LogP contribution in [-0.2, 0) is 32.7 Å². The standard InChI is InChI=1S/C46H88NO8P/c1-6-8-10-12-14-16-18-20-22-23-25-26-28-30-32-34-36-38-45(48)52-42-44(43-54-56(50,51)53-41-40-47(3,4)5)55-46(49)39-37-35-33-31-29-27-24-21-19-17-15-13-11-9-7-2/h15,17,21,24,44H,6-14,16,18-20,22-23,25-43H2,1-5H3/b17-15-,24-21-/t44-/m1/s1. The Morgan fingerprint density at radius 1 is 0.554 bits per heavy atom. The number of phosphoric ester groups is 1. The van der Waals surface area contributed by atoms with Gasteiger partial charge in [-0.05, 0) is 44.9 Å². The topological polar surface area (TPSA) is 111 Å². The van der Waals surface area contributed by atoms with Gasteiger partial charge in [0.15, 0.2) is 6.10 Å². The maximum atomic E-state index is 12.7. The maximum absolute atomic E-state index is 12.7. The molecule has 9 nitrogen and oxygen atoms in total. The molecule has 0 fully saturated rings. The number of allylic oxidation sites excluding steroid dienone is 4. The van der Waals surface area contributed by atoms with E-state index in [4.69, 9.17) is 18.5 Å². The molecule has 0 aliphatic rings. The van der Waals surface area contributed by atoms with Crippen LogP contribution in [0.1, 0.15) is 206 Å². The fourth-order valence-corrected chi connectivity index (χ4v) is 7.06. The molecule has 0 saturated heterocycles. The number of rotatable bonds is 42. The minimum Gasteiger partial charge on any atom is -0.756 e. The minimum atomic E-state index is -4.63. The van der Waals surface area contributed by atoms with Gasteiger partial charge in [-0.25, -0.2) is 0 Å². The molecule has 0 N–H and O–H groups in total. The first-order valence-corrected chi connectivity index (χ1v) is 24.5. The van der Waals surface area contributed by atoms with E-state index in [2.05, 4.69) is 38.2 Å². The van der Waals surface area contributed by atoms with Crippen molar-refractivity contribution < 1.29 is 42.1 Å². The Balaban J connectivity index is 4.32. The third kappa shape index (κ3) is 42.1. The largest absolute Gasteiger partial charge is 0.756 e. The summed E-state index contributed by atoms with van der Waals surface area (Å²) < 4.78 is 33.9. The number of ether oxygens (including phenoxy) is 2. The molecule has 10 heteroatoms. The number of likely N-dealkylation sites (N-methyl/N-ethyl adjacent to an activating group) is 1. The highest BCUT2D eigenvalue weighted by Crippen LogP contribution is 2.38. The van der Waals surface area contributed by atoms with Crippen LogP contribution in [-0.4, -0.2) is 70.0 Å². The second-order valence-corrected chi connectivity index (χ2v) is 18.2. The number of carbonyl (C=O) groups excluding carboxylic acids is 2. The molecule has 330 valence electrons. The van der Waals surface area contributed by atoms with Crippen molar-refractivity contribution in [2.75, 3.05) is 47.5 Å². The lowest BCUT2D eigenvalue weighted by atomic mass is 10.0. The average molecular weight is 814 g/mol. The zero-order chi connectivity index (χ0) is 41.4. The van der Waals surface area contributed by atoms with Crippen molar-refractivity contribution in [3.63, 3.8) is 0 Å². The van der Waals surface area contributed by atoms with Crippen molar-refractivity contribution in [1.82, 2.24) is 0 Å². The summed E-state index contributed by atoms with van der Waals surface area (Å²) in [6.07, 6.45) is 42.0.